The van der Waals surface area contributed by atoms with Crippen LogP contribution in [0.25, 0.3) is 0 Å². The summed E-state index contributed by atoms with van der Waals surface area (Å²) in [5.74, 6) is -0.597. The van der Waals surface area contributed by atoms with Gasteiger partial charge in [0.1, 0.15) is 0 Å². The van der Waals surface area contributed by atoms with Crippen LogP contribution in [0.15, 0.2) is 28.6 Å². The summed E-state index contributed by atoms with van der Waals surface area (Å²) in [6, 6.07) is 7.85. The lowest BCUT2D eigenvalue weighted by molar-refractivity contribution is -0.117. The van der Waals surface area contributed by atoms with Gasteiger partial charge in [0, 0.05) is 11.6 Å². The minimum atomic E-state index is -0.385. The number of amides is 2. The average molecular weight is 391 g/mol. The molecule has 1 saturated carbocycles. The van der Waals surface area contributed by atoms with Crippen molar-refractivity contribution < 1.29 is 9.59 Å². The zero-order valence-corrected chi connectivity index (χ0v) is 16.7. The number of aromatic nitrogens is 2. The Bertz CT molecular complexity index is 792. The second-order valence-corrected chi connectivity index (χ2v) is 9.49. The maximum atomic E-state index is 12.2. The number of nitrogens with zero attached hydrogens (tertiary/aromatic N) is 2. The van der Waals surface area contributed by atoms with Crippen LogP contribution in [0.2, 0.25) is 0 Å². The molecule has 0 aliphatic heterocycles. The summed E-state index contributed by atoms with van der Waals surface area (Å²) in [7, 11) is 0. The van der Waals surface area contributed by atoms with Crippen LogP contribution >= 0.6 is 23.1 Å². The largest absolute Gasteiger partial charge is 0.357 e. The summed E-state index contributed by atoms with van der Waals surface area (Å²) in [5.41, 5.74) is 1.64. The second-order valence-electron chi connectivity index (χ2n) is 7.29. The average Bonchev–Trinajstić information content (AvgIpc) is 3.28. The van der Waals surface area contributed by atoms with E-state index >= 15 is 0 Å². The van der Waals surface area contributed by atoms with Crippen molar-refractivity contribution in [1.82, 2.24) is 15.5 Å². The highest BCUT2D eigenvalue weighted by Crippen LogP contribution is 2.30. The highest BCUT2D eigenvalue weighted by atomic mass is 32.2. The number of rotatable bonds is 6. The number of nitrogens with one attached hydrogen (secondary N) is 2. The Balaban J connectivity index is 1.47. The minimum absolute atomic E-state index is 0.0242. The second kappa shape index (κ2) is 7.75. The molecule has 2 amide bonds. The van der Waals surface area contributed by atoms with Crippen molar-refractivity contribution in [2.75, 3.05) is 11.1 Å². The van der Waals surface area contributed by atoms with Gasteiger partial charge in [-0.15, -0.1) is 10.2 Å². The molecule has 0 unspecified atom stereocenters. The fourth-order valence-electron chi connectivity index (χ4n) is 2.21. The Kier molecular flexibility index (Phi) is 5.62. The van der Waals surface area contributed by atoms with Crippen LogP contribution in [0.1, 0.15) is 49.5 Å². The molecule has 26 heavy (non-hydrogen) atoms. The van der Waals surface area contributed by atoms with Gasteiger partial charge in [0.05, 0.1) is 5.75 Å². The Labute approximate surface area is 161 Å². The molecule has 0 spiro atoms. The normalized spacial score (nSPS) is 14.1. The summed E-state index contributed by atoms with van der Waals surface area (Å²) < 4.78 is 0.713. The van der Waals surface area contributed by atoms with Crippen molar-refractivity contribution in [3.8, 4) is 0 Å². The monoisotopic (exact) mass is 390 g/mol. The number of anilines is 1. The van der Waals surface area contributed by atoms with Gasteiger partial charge in [-0.1, -0.05) is 56.0 Å². The predicted molar refractivity (Wildman–Crippen MR) is 105 cm³/mol. The van der Waals surface area contributed by atoms with Crippen molar-refractivity contribution in [3.05, 3.63) is 35.4 Å². The zero-order valence-electron chi connectivity index (χ0n) is 15.0. The molecule has 0 radical (unpaired) electrons. The van der Waals surface area contributed by atoms with Gasteiger partial charge in [0.15, 0.2) is 4.34 Å². The number of carbonyl (C=O) groups is 2. The maximum Gasteiger partial charge on any atom is 0.257 e. The van der Waals surface area contributed by atoms with E-state index in [0.717, 1.165) is 10.7 Å². The van der Waals surface area contributed by atoms with Crippen LogP contribution in [0.3, 0.4) is 0 Å². The molecule has 0 atom stereocenters. The van der Waals surface area contributed by atoms with Crippen molar-refractivity contribution in [3.63, 3.8) is 0 Å². The Hall–Kier alpha value is -1.93. The molecular formula is C18H22N4O2S2. The van der Waals surface area contributed by atoms with E-state index in [2.05, 4.69) is 41.6 Å². The van der Waals surface area contributed by atoms with Crippen molar-refractivity contribution in [2.45, 2.75) is 49.4 Å². The van der Waals surface area contributed by atoms with Crippen LogP contribution in [0.4, 0.5) is 5.13 Å². The molecule has 138 valence electrons. The molecule has 0 saturated heterocycles. The first kappa shape index (κ1) is 18.8. The molecule has 2 aromatic rings. The number of imide groups is 1. The molecule has 0 bridgehead atoms. The van der Waals surface area contributed by atoms with E-state index in [9.17, 15) is 9.59 Å². The molecule has 1 aliphatic carbocycles. The molecule has 2 N–H and O–H groups in total. The van der Waals surface area contributed by atoms with Gasteiger partial charge in [-0.05, 0) is 36.0 Å². The van der Waals surface area contributed by atoms with Gasteiger partial charge in [0.25, 0.3) is 5.91 Å². The van der Waals surface area contributed by atoms with E-state index < -0.39 is 0 Å². The number of hydrogen-bond donors (Lipinski definition) is 2. The summed E-state index contributed by atoms with van der Waals surface area (Å²) >= 11 is 2.71. The first-order chi connectivity index (χ1) is 12.3. The summed E-state index contributed by atoms with van der Waals surface area (Å²) in [6.07, 6.45) is 2.34. The molecule has 6 nitrogen and oxygen atoms in total. The molecule has 1 aliphatic rings. The zero-order chi connectivity index (χ0) is 18.7. The summed E-state index contributed by atoms with van der Waals surface area (Å²) in [5, 5.41) is 14.6. The SMILES string of the molecule is CC(C)(C)c1ccc(C(=O)NC(=O)CSc2nnc(NC3CC3)s2)cc1. The van der Waals surface area contributed by atoms with Gasteiger partial charge in [-0.25, -0.2) is 0 Å². The Morgan fingerprint density at radius 3 is 2.50 bits per heavy atom. The number of thioether (sulfide) groups is 1. The van der Waals surface area contributed by atoms with Crippen LogP contribution < -0.4 is 10.6 Å². The number of benzene rings is 1. The number of hydrogen-bond acceptors (Lipinski definition) is 7. The quantitative estimate of drug-likeness (QED) is 0.735. The molecule has 1 aromatic heterocycles. The van der Waals surface area contributed by atoms with Gasteiger partial charge < -0.3 is 5.32 Å². The first-order valence-electron chi connectivity index (χ1n) is 8.49. The van der Waals surface area contributed by atoms with Crippen LogP contribution in [-0.2, 0) is 10.2 Å². The first-order valence-corrected chi connectivity index (χ1v) is 10.3. The van der Waals surface area contributed by atoms with Crippen LogP contribution in [0.5, 0.6) is 0 Å². The Morgan fingerprint density at radius 1 is 1.19 bits per heavy atom. The van der Waals surface area contributed by atoms with Crippen molar-refractivity contribution in [1.29, 1.82) is 0 Å². The van der Waals surface area contributed by atoms with E-state index in [4.69, 9.17) is 0 Å². The fraction of sp³-hybridized carbons (Fsp3) is 0.444. The maximum absolute atomic E-state index is 12.2. The summed E-state index contributed by atoms with van der Waals surface area (Å²) in [6.45, 7) is 6.34. The highest BCUT2D eigenvalue weighted by molar-refractivity contribution is 8.01. The molecule has 1 heterocycles. The molecule has 8 heteroatoms. The lowest BCUT2D eigenvalue weighted by atomic mass is 9.87. The van der Waals surface area contributed by atoms with E-state index in [-0.39, 0.29) is 23.0 Å². The molecule has 3 rings (SSSR count). The smallest absolute Gasteiger partial charge is 0.257 e. The van der Waals surface area contributed by atoms with Gasteiger partial charge in [-0.3, -0.25) is 14.9 Å². The van der Waals surface area contributed by atoms with Gasteiger partial charge in [-0.2, -0.15) is 0 Å². The topological polar surface area (TPSA) is 84.0 Å². The van der Waals surface area contributed by atoms with Crippen molar-refractivity contribution in [2.24, 2.45) is 0 Å². The standard InChI is InChI=1S/C18H22N4O2S2/c1-18(2,3)12-6-4-11(5-7-12)15(24)20-14(23)10-25-17-22-21-16(26-17)19-13-8-9-13/h4-7,13H,8-10H2,1-3H3,(H,19,21)(H,20,23,24). The lowest BCUT2D eigenvalue weighted by Gasteiger charge is -2.18. The molecular weight excluding hydrogens is 368 g/mol. The fourth-order valence-corrected chi connectivity index (χ4v) is 3.84. The molecule has 1 fully saturated rings. The van der Waals surface area contributed by atoms with E-state index in [0.29, 0.717) is 15.9 Å². The lowest BCUT2D eigenvalue weighted by Crippen LogP contribution is -2.31. The van der Waals surface area contributed by atoms with Gasteiger partial charge >= 0.3 is 0 Å². The Morgan fingerprint density at radius 2 is 1.88 bits per heavy atom. The van der Waals surface area contributed by atoms with E-state index in [1.54, 1.807) is 12.1 Å². The summed E-state index contributed by atoms with van der Waals surface area (Å²) in [4.78, 5) is 24.2. The van der Waals surface area contributed by atoms with Crippen LogP contribution in [0, 0.1) is 0 Å². The third-order valence-corrected chi connectivity index (χ3v) is 5.89. The highest BCUT2D eigenvalue weighted by Gasteiger charge is 2.22. The van der Waals surface area contributed by atoms with E-state index in [1.165, 1.54) is 35.9 Å². The van der Waals surface area contributed by atoms with Crippen LogP contribution in [-0.4, -0.2) is 33.8 Å². The third kappa shape index (κ3) is 5.28. The van der Waals surface area contributed by atoms with E-state index in [1.807, 2.05) is 12.1 Å². The van der Waals surface area contributed by atoms with Gasteiger partial charge in [0.2, 0.25) is 11.0 Å². The molecule has 1 aromatic carbocycles. The predicted octanol–water partition coefficient (Wildman–Crippen LogP) is 3.46. The number of carbonyl (C=O) groups excluding carboxylic acids is 2. The minimum Gasteiger partial charge on any atom is -0.357 e. The van der Waals surface area contributed by atoms with Crippen molar-refractivity contribution >= 4 is 40.0 Å². The third-order valence-electron chi connectivity index (χ3n) is 3.90.